The SMILES string of the molecule is CC1CCC(N2CCc3nc([C@@H]4CCCN(C(=O)c5ccn[nH]5)C4)[nH]c(=O)c3C2)CC1. The molecule has 1 saturated carbocycles. The van der Waals surface area contributed by atoms with Gasteiger partial charge in [0.1, 0.15) is 11.5 Å². The van der Waals surface area contributed by atoms with Crippen LogP contribution in [0.3, 0.4) is 0 Å². The number of nitrogens with one attached hydrogen (secondary N) is 2. The lowest BCUT2D eigenvalue weighted by atomic mass is 9.86. The average Bonchev–Trinajstić information content (AvgIpc) is 3.34. The number of amides is 1. The molecule has 3 aliphatic rings. The second-order valence-corrected chi connectivity index (χ2v) is 9.57. The van der Waals surface area contributed by atoms with Crippen LogP contribution in [0.25, 0.3) is 0 Å². The van der Waals surface area contributed by atoms with Gasteiger partial charge < -0.3 is 9.88 Å². The van der Waals surface area contributed by atoms with Gasteiger partial charge in [-0.1, -0.05) is 6.92 Å². The molecule has 2 aromatic rings. The highest BCUT2D eigenvalue weighted by Crippen LogP contribution is 2.30. The number of carbonyl (C=O) groups is 1. The fraction of sp³-hybridized carbons (Fsp3) is 0.652. The van der Waals surface area contributed by atoms with E-state index in [0.717, 1.165) is 55.4 Å². The maximum atomic E-state index is 13.0. The highest BCUT2D eigenvalue weighted by Gasteiger charge is 2.31. The molecule has 2 aromatic heterocycles. The minimum atomic E-state index is -0.0417. The standard InChI is InChI=1S/C23H32N6O2/c1-15-4-6-17(7-5-15)28-12-9-19-18(14-28)22(30)26-21(25-19)16-3-2-11-29(13-16)23(31)20-8-10-24-27-20/h8,10,15-17H,2-7,9,11-14H2,1H3,(H,24,27)(H,25,26,30)/t15?,16-,17?/m1/s1. The summed E-state index contributed by atoms with van der Waals surface area (Å²) in [7, 11) is 0. The Balaban J connectivity index is 1.30. The number of nitrogens with zero attached hydrogens (tertiary/aromatic N) is 4. The minimum absolute atomic E-state index is 0.00546. The van der Waals surface area contributed by atoms with Crippen molar-refractivity contribution in [2.75, 3.05) is 19.6 Å². The number of likely N-dealkylation sites (tertiary alicyclic amines) is 1. The molecule has 0 spiro atoms. The number of aromatic nitrogens is 4. The van der Waals surface area contributed by atoms with Crippen molar-refractivity contribution in [2.24, 2.45) is 5.92 Å². The molecule has 0 radical (unpaired) electrons. The van der Waals surface area contributed by atoms with Gasteiger partial charge >= 0.3 is 0 Å². The zero-order valence-electron chi connectivity index (χ0n) is 18.3. The molecule has 1 aliphatic carbocycles. The molecule has 31 heavy (non-hydrogen) atoms. The van der Waals surface area contributed by atoms with Gasteiger partial charge in [-0.05, 0) is 50.5 Å². The Hall–Kier alpha value is -2.48. The summed E-state index contributed by atoms with van der Waals surface area (Å²) in [6, 6.07) is 2.30. The molecule has 8 nitrogen and oxygen atoms in total. The molecule has 0 unspecified atom stereocenters. The molecular weight excluding hydrogens is 392 g/mol. The number of hydrogen-bond donors (Lipinski definition) is 2. The van der Waals surface area contributed by atoms with Gasteiger partial charge in [0, 0.05) is 50.8 Å². The summed E-state index contributed by atoms with van der Waals surface area (Å²) < 4.78 is 0. The van der Waals surface area contributed by atoms with Crippen LogP contribution in [-0.2, 0) is 13.0 Å². The molecule has 2 N–H and O–H groups in total. The molecule has 0 aromatic carbocycles. The lowest BCUT2D eigenvalue weighted by Crippen LogP contribution is -2.44. The molecule has 2 fully saturated rings. The predicted octanol–water partition coefficient (Wildman–Crippen LogP) is 2.45. The number of H-pyrrole nitrogens is 2. The third-order valence-corrected chi connectivity index (χ3v) is 7.44. The van der Waals surface area contributed by atoms with E-state index >= 15 is 0 Å². The first kappa shape index (κ1) is 20.4. The molecule has 1 amide bonds. The molecule has 1 saturated heterocycles. The number of rotatable bonds is 3. The van der Waals surface area contributed by atoms with Crippen molar-refractivity contribution in [3.8, 4) is 0 Å². The molecule has 8 heteroatoms. The van der Waals surface area contributed by atoms with Gasteiger partial charge in [0.15, 0.2) is 0 Å². The Morgan fingerprint density at radius 2 is 2.00 bits per heavy atom. The number of piperidine rings is 1. The lowest BCUT2D eigenvalue weighted by Gasteiger charge is -2.38. The Bertz CT molecular complexity index is 976. The molecule has 1 atom stereocenters. The first-order chi connectivity index (χ1) is 15.1. The largest absolute Gasteiger partial charge is 0.337 e. The van der Waals surface area contributed by atoms with Gasteiger partial charge in [0.05, 0.1) is 11.3 Å². The first-order valence-electron chi connectivity index (χ1n) is 11.7. The van der Waals surface area contributed by atoms with Gasteiger partial charge in [-0.3, -0.25) is 19.6 Å². The fourth-order valence-corrected chi connectivity index (χ4v) is 5.51. The second-order valence-electron chi connectivity index (χ2n) is 9.57. The van der Waals surface area contributed by atoms with E-state index in [9.17, 15) is 9.59 Å². The Morgan fingerprint density at radius 1 is 1.16 bits per heavy atom. The maximum absolute atomic E-state index is 13.0. The van der Waals surface area contributed by atoms with Crippen LogP contribution in [0.15, 0.2) is 17.1 Å². The van der Waals surface area contributed by atoms with Crippen LogP contribution in [0.5, 0.6) is 0 Å². The predicted molar refractivity (Wildman–Crippen MR) is 117 cm³/mol. The third kappa shape index (κ3) is 4.18. The third-order valence-electron chi connectivity index (χ3n) is 7.44. The summed E-state index contributed by atoms with van der Waals surface area (Å²) >= 11 is 0. The minimum Gasteiger partial charge on any atom is -0.337 e. The zero-order valence-corrected chi connectivity index (χ0v) is 18.3. The number of aromatic amines is 2. The van der Waals surface area contributed by atoms with E-state index in [0.29, 0.717) is 24.8 Å². The second kappa shape index (κ2) is 8.57. The van der Waals surface area contributed by atoms with Crippen molar-refractivity contribution >= 4 is 5.91 Å². The van der Waals surface area contributed by atoms with Crippen molar-refractivity contribution in [3.05, 3.63) is 45.4 Å². The van der Waals surface area contributed by atoms with Crippen LogP contribution in [-0.4, -0.2) is 61.5 Å². The van der Waals surface area contributed by atoms with E-state index in [1.807, 2.05) is 4.90 Å². The number of carbonyl (C=O) groups excluding carboxylic acids is 1. The number of hydrogen-bond acceptors (Lipinski definition) is 5. The van der Waals surface area contributed by atoms with E-state index < -0.39 is 0 Å². The Kier molecular flexibility index (Phi) is 5.65. The average molecular weight is 425 g/mol. The summed E-state index contributed by atoms with van der Waals surface area (Å²) in [6.07, 6.45) is 9.31. The maximum Gasteiger partial charge on any atom is 0.271 e. The molecular formula is C23H32N6O2. The van der Waals surface area contributed by atoms with Crippen LogP contribution in [0, 0.1) is 5.92 Å². The van der Waals surface area contributed by atoms with Crippen LogP contribution in [0.1, 0.15) is 78.9 Å². The van der Waals surface area contributed by atoms with Gasteiger partial charge in [0.25, 0.3) is 11.5 Å². The Labute approximate surface area is 182 Å². The van der Waals surface area contributed by atoms with Gasteiger partial charge in [-0.2, -0.15) is 5.10 Å². The quantitative estimate of drug-likeness (QED) is 0.789. The number of fused-ring (bicyclic) bond motifs is 1. The lowest BCUT2D eigenvalue weighted by molar-refractivity contribution is 0.0698. The van der Waals surface area contributed by atoms with Crippen LogP contribution >= 0.6 is 0 Å². The fourth-order valence-electron chi connectivity index (χ4n) is 5.51. The topological polar surface area (TPSA) is 98.0 Å². The van der Waals surface area contributed by atoms with E-state index in [1.54, 1.807) is 12.3 Å². The zero-order chi connectivity index (χ0) is 21.4. The van der Waals surface area contributed by atoms with E-state index in [1.165, 1.54) is 25.7 Å². The van der Waals surface area contributed by atoms with E-state index in [-0.39, 0.29) is 17.4 Å². The van der Waals surface area contributed by atoms with Crippen molar-refractivity contribution < 1.29 is 4.79 Å². The summed E-state index contributed by atoms with van der Waals surface area (Å²) in [5.74, 6) is 1.60. The molecule has 4 heterocycles. The van der Waals surface area contributed by atoms with E-state index in [4.69, 9.17) is 4.98 Å². The van der Waals surface area contributed by atoms with E-state index in [2.05, 4.69) is 27.0 Å². The molecule has 0 bridgehead atoms. The van der Waals surface area contributed by atoms with Crippen LogP contribution in [0.2, 0.25) is 0 Å². The smallest absolute Gasteiger partial charge is 0.271 e. The highest BCUT2D eigenvalue weighted by atomic mass is 16.2. The van der Waals surface area contributed by atoms with Gasteiger partial charge in [0.2, 0.25) is 0 Å². The summed E-state index contributed by atoms with van der Waals surface area (Å²) in [4.78, 5) is 38.0. The van der Waals surface area contributed by atoms with Gasteiger partial charge in [-0.15, -0.1) is 0 Å². The molecule has 2 aliphatic heterocycles. The molecule has 5 rings (SSSR count). The highest BCUT2D eigenvalue weighted by molar-refractivity contribution is 5.92. The van der Waals surface area contributed by atoms with Crippen molar-refractivity contribution in [1.29, 1.82) is 0 Å². The van der Waals surface area contributed by atoms with Crippen molar-refractivity contribution in [2.45, 2.75) is 70.4 Å². The summed E-state index contributed by atoms with van der Waals surface area (Å²) in [5.41, 5.74) is 2.31. The normalized spacial score (nSPS) is 27.1. The summed E-state index contributed by atoms with van der Waals surface area (Å²) in [5, 5.41) is 6.64. The van der Waals surface area contributed by atoms with Crippen molar-refractivity contribution in [1.82, 2.24) is 30.0 Å². The van der Waals surface area contributed by atoms with Crippen LogP contribution in [0.4, 0.5) is 0 Å². The summed E-state index contributed by atoms with van der Waals surface area (Å²) in [6.45, 7) is 5.33. The van der Waals surface area contributed by atoms with Gasteiger partial charge in [-0.25, -0.2) is 4.98 Å². The Morgan fingerprint density at radius 3 is 2.77 bits per heavy atom. The van der Waals surface area contributed by atoms with Crippen molar-refractivity contribution in [3.63, 3.8) is 0 Å². The molecule has 166 valence electrons. The monoisotopic (exact) mass is 424 g/mol. The first-order valence-corrected chi connectivity index (χ1v) is 11.7. The van der Waals surface area contributed by atoms with Crippen LogP contribution < -0.4 is 5.56 Å².